The van der Waals surface area contributed by atoms with Crippen LogP contribution in [0.4, 0.5) is 4.39 Å². The normalized spacial score (nSPS) is 40.5. The number of aliphatic hydroxyl groups excluding tert-OH is 1. The molecule has 3 unspecified atom stereocenters. The van der Waals surface area contributed by atoms with Crippen molar-refractivity contribution in [2.75, 3.05) is 27.2 Å². The first kappa shape index (κ1) is 44.9. The van der Waals surface area contributed by atoms with Crippen LogP contribution in [-0.2, 0) is 42.9 Å². The number of Topliss-reactive ketones (excluding diaryl/α,β-unsaturated/α-hetero) is 2. The fourth-order valence-electron chi connectivity index (χ4n) is 9.85. The van der Waals surface area contributed by atoms with Crippen molar-refractivity contribution < 1.29 is 52.4 Å². The molecule has 4 aliphatic heterocycles. The predicted octanol–water partition coefficient (Wildman–Crippen LogP) is 3.92. The molecule has 0 spiro atoms. The summed E-state index contributed by atoms with van der Waals surface area (Å²) in [6.45, 7) is 12.5. The maximum atomic E-state index is 17.0. The molecule has 0 aromatic carbocycles. The Balaban J connectivity index is 1.43. The van der Waals surface area contributed by atoms with Gasteiger partial charge in [0.1, 0.15) is 30.6 Å². The summed E-state index contributed by atoms with van der Waals surface area (Å²) in [4.78, 5) is 68.7. The Morgan fingerprint density at radius 1 is 1.07 bits per heavy atom. The predicted molar refractivity (Wildman–Crippen MR) is 214 cm³/mol. The van der Waals surface area contributed by atoms with Crippen molar-refractivity contribution in [1.29, 1.82) is 0 Å². The van der Waals surface area contributed by atoms with Gasteiger partial charge in [-0.3, -0.25) is 14.4 Å². The van der Waals surface area contributed by atoms with Crippen LogP contribution >= 0.6 is 11.3 Å². The Hall–Kier alpha value is -3.69. The third-order valence-electron chi connectivity index (χ3n) is 12.8. The third kappa shape index (κ3) is 8.36. The van der Waals surface area contributed by atoms with E-state index < -0.39 is 94.4 Å². The molecule has 6 rings (SSSR count). The molecule has 0 saturated carbocycles. The Bertz CT molecular complexity index is 1970. The number of hydrogen-bond acceptors (Lipinski definition) is 15. The lowest BCUT2D eigenvalue weighted by Gasteiger charge is -2.48. The monoisotopic (exact) mass is 840 g/mol. The maximum absolute atomic E-state index is 17.0. The van der Waals surface area contributed by atoms with Crippen LogP contribution < -0.4 is 5.32 Å². The van der Waals surface area contributed by atoms with Crippen LogP contribution in [0.1, 0.15) is 79.5 Å². The second-order valence-electron chi connectivity index (χ2n) is 17.6. The molecule has 16 heteroatoms. The number of carbonyl (C=O) groups excluding carboxylic acids is 4. The van der Waals surface area contributed by atoms with Crippen molar-refractivity contribution in [1.82, 2.24) is 20.2 Å². The number of hydrogen-bond donors (Lipinski definition) is 2. The number of halogens is 1. The number of aliphatic hydroxyl groups is 1. The molecule has 4 fully saturated rings. The fraction of sp³-hybridized carbons (Fsp3) is 0.674. The lowest BCUT2D eigenvalue weighted by molar-refractivity contribution is -0.296. The average molecular weight is 841 g/mol. The van der Waals surface area contributed by atoms with Gasteiger partial charge in [0.25, 0.3) is 5.67 Å². The zero-order valence-corrected chi connectivity index (χ0v) is 36.3. The number of ether oxygens (including phenoxy) is 5. The minimum Gasteiger partial charge on any atom is -0.455 e. The first-order chi connectivity index (χ1) is 27.7. The minimum atomic E-state index is -3.21. The van der Waals surface area contributed by atoms with Gasteiger partial charge >= 0.3 is 11.9 Å². The molecule has 0 amide bonds. The van der Waals surface area contributed by atoms with Crippen LogP contribution in [0.25, 0.3) is 10.7 Å². The first-order valence-electron chi connectivity index (χ1n) is 20.3. The summed E-state index contributed by atoms with van der Waals surface area (Å²) in [5.41, 5.74) is -7.56. The van der Waals surface area contributed by atoms with Crippen molar-refractivity contribution in [3.05, 3.63) is 35.5 Å². The maximum Gasteiger partial charge on any atom is 0.351 e. The molecule has 14 atom stereocenters. The largest absolute Gasteiger partial charge is 0.455 e. The number of nitrogens with zero attached hydrogens (tertiary/aromatic N) is 3. The van der Waals surface area contributed by atoms with Gasteiger partial charge in [-0.25, -0.2) is 19.2 Å². The van der Waals surface area contributed by atoms with Crippen molar-refractivity contribution in [2.24, 2.45) is 23.2 Å². The topological polar surface area (TPSA) is 176 Å². The molecular weight excluding hydrogens is 784 g/mol. The van der Waals surface area contributed by atoms with E-state index in [1.54, 1.807) is 53.1 Å². The van der Waals surface area contributed by atoms with Crippen LogP contribution in [0.3, 0.4) is 0 Å². The van der Waals surface area contributed by atoms with E-state index in [1.807, 2.05) is 38.1 Å². The van der Waals surface area contributed by atoms with E-state index in [4.69, 9.17) is 23.7 Å². The molecule has 0 aliphatic carbocycles. The highest BCUT2D eigenvalue weighted by Gasteiger charge is 2.69. The Morgan fingerprint density at radius 3 is 2.42 bits per heavy atom. The van der Waals surface area contributed by atoms with Gasteiger partial charge in [0.05, 0.1) is 27.6 Å². The smallest absolute Gasteiger partial charge is 0.351 e. The second kappa shape index (κ2) is 17.0. The molecule has 0 bridgehead atoms. The van der Waals surface area contributed by atoms with Crippen LogP contribution in [0.15, 0.2) is 30.6 Å². The van der Waals surface area contributed by atoms with E-state index in [0.29, 0.717) is 17.1 Å². The molecule has 2 aromatic rings. The first-order valence-corrected chi connectivity index (χ1v) is 21.1. The summed E-state index contributed by atoms with van der Waals surface area (Å²) in [6.07, 6.45) is -1.65. The quantitative estimate of drug-likeness (QED) is 0.233. The highest BCUT2D eigenvalue weighted by atomic mass is 32.1. The molecule has 322 valence electrons. The van der Waals surface area contributed by atoms with Crippen LogP contribution in [0, 0.1) is 35.0 Å². The molecule has 0 radical (unpaired) electrons. The molecule has 6 heterocycles. The van der Waals surface area contributed by atoms with Gasteiger partial charge in [-0.15, -0.1) is 11.3 Å². The molecule has 2 aromatic heterocycles. The van der Waals surface area contributed by atoms with Gasteiger partial charge in [0, 0.05) is 48.1 Å². The Kier molecular flexibility index (Phi) is 12.9. The van der Waals surface area contributed by atoms with Gasteiger partial charge in [0.15, 0.2) is 23.5 Å². The van der Waals surface area contributed by atoms with Crippen LogP contribution in [0.5, 0.6) is 0 Å². The number of alkyl halides is 1. The number of thiophene rings is 1. The number of aromatic nitrogens is 2. The summed E-state index contributed by atoms with van der Waals surface area (Å²) in [5.74, 6) is 0.182. The number of ketones is 2. The zero-order chi connectivity index (χ0) is 43.2. The van der Waals surface area contributed by atoms with E-state index in [-0.39, 0.29) is 37.9 Å². The van der Waals surface area contributed by atoms with E-state index in [1.165, 1.54) is 18.3 Å². The standard InChI is InChI=1S/C43H57FN4O10S/c1-11-29-43(8)32-30(37(52)58-43)47-22-40(32,5)33(50)23(2)21-41(6,54-19-12-14-26-15-16-28(59-26)36-45-17-13-18-46-36)35(25(4)34(51)42(7,44)39(53)56-29)57-38-31(49)27(48(9)10)20-24(3)55-38/h13,15-18,23-25,27,29-32,35,38,47,49H,11,19-22H2,1-10H3/t23-,24-,25+,27+,29-,30?,31-,32?,35-,38+,40?,41+,42+,43-/m1/s1. The van der Waals surface area contributed by atoms with Crippen LogP contribution in [-0.4, -0.2) is 130 Å². The zero-order valence-electron chi connectivity index (χ0n) is 35.4. The van der Waals surface area contributed by atoms with Crippen molar-refractivity contribution in [3.8, 4) is 22.5 Å². The van der Waals surface area contributed by atoms with Gasteiger partial charge < -0.3 is 39.0 Å². The Morgan fingerprint density at radius 2 is 1.76 bits per heavy atom. The number of nitrogens with one attached hydrogen (secondary N) is 1. The molecule has 14 nitrogen and oxygen atoms in total. The molecule has 4 saturated heterocycles. The Labute approximate surface area is 349 Å². The van der Waals surface area contributed by atoms with E-state index >= 15 is 4.39 Å². The highest BCUT2D eigenvalue weighted by molar-refractivity contribution is 7.15. The third-order valence-corrected chi connectivity index (χ3v) is 13.8. The van der Waals surface area contributed by atoms with Gasteiger partial charge in [-0.1, -0.05) is 39.5 Å². The number of esters is 2. The minimum absolute atomic E-state index is 0.0665. The summed E-state index contributed by atoms with van der Waals surface area (Å²) < 4.78 is 48.2. The van der Waals surface area contributed by atoms with Gasteiger partial charge in [-0.2, -0.15) is 0 Å². The number of likely N-dealkylation sites (N-methyl/N-ethyl adjacent to an activating group) is 1. The van der Waals surface area contributed by atoms with Crippen molar-refractivity contribution in [3.63, 3.8) is 0 Å². The summed E-state index contributed by atoms with van der Waals surface area (Å²) in [6, 6.07) is 4.14. The van der Waals surface area contributed by atoms with Crippen molar-refractivity contribution >= 4 is 34.8 Å². The number of cyclic esters (lactones) is 1. The molecule has 59 heavy (non-hydrogen) atoms. The lowest BCUT2D eigenvalue weighted by Crippen LogP contribution is -2.61. The van der Waals surface area contributed by atoms with Gasteiger partial charge in [-0.05, 0) is 79.3 Å². The summed E-state index contributed by atoms with van der Waals surface area (Å²) >= 11 is 1.39. The van der Waals surface area contributed by atoms with Crippen LogP contribution in [0.2, 0.25) is 0 Å². The molecular formula is C43H57FN4O10S. The summed E-state index contributed by atoms with van der Waals surface area (Å²) in [7, 11) is 3.64. The summed E-state index contributed by atoms with van der Waals surface area (Å²) in [5, 5.41) is 14.8. The fourth-order valence-corrected chi connectivity index (χ4v) is 10.7. The van der Waals surface area contributed by atoms with E-state index in [9.17, 15) is 24.3 Å². The van der Waals surface area contributed by atoms with E-state index in [0.717, 1.165) is 11.8 Å². The lowest BCUT2D eigenvalue weighted by atomic mass is 9.62. The van der Waals surface area contributed by atoms with Gasteiger partial charge in [0.2, 0.25) is 0 Å². The average Bonchev–Trinajstić information content (AvgIpc) is 3.89. The van der Waals surface area contributed by atoms with E-state index in [2.05, 4.69) is 27.1 Å². The molecule has 2 N–H and O–H groups in total. The second-order valence-corrected chi connectivity index (χ2v) is 18.6. The number of rotatable bonds is 7. The highest BCUT2D eigenvalue weighted by Crippen LogP contribution is 2.53. The number of carbonyl (C=O) groups is 4. The SMILES string of the molecule is CC[C@H]1OC(=O)[C@@](C)(F)C(=O)[C@H](C)[C@@H](O[C@@H]2O[C@H](C)C[C@H](N(C)C)[C@H]2O)[C@@](C)(OCC#Cc2ccc(-c3ncccn3)s2)C[C@@H](C)C(=O)C2(C)CNC3C(=O)O[C@@]1(C)C32. The molecule has 4 aliphatic rings. The van der Waals surface area contributed by atoms with Crippen molar-refractivity contribution in [2.45, 2.75) is 134 Å².